The van der Waals surface area contributed by atoms with Crippen molar-refractivity contribution in [1.82, 2.24) is 0 Å². The molecule has 4 nitrogen and oxygen atoms in total. The lowest BCUT2D eigenvalue weighted by molar-refractivity contribution is -0.140. The summed E-state index contributed by atoms with van der Waals surface area (Å²) in [5, 5.41) is 8.90. The largest absolute Gasteiger partial charge is 0.481 e. The second-order valence-electron chi connectivity index (χ2n) is 4.33. The minimum Gasteiger partial charge on any atom is -0.481 e. The van der Waals surface area contributed by atoms with Crippen molar-refractivity contribution >= 4 is 28.6 Å². The molecule has 0 saturated heterocycles. The summed E-state index contributed by atoms with van der Waals surface area (Å²) in [6.45, 7) is 3.29. The Balaban J connectivity index is 2.68. The Labute approximate surface area is 116 Å². The number of carbonyl (C=O) groups excluding carboxylic acids is 2. The monoisotopic (exact) mass is 280 g/mol. The Hall–Kier alpha value is -1.62. The molecule has 0 bridgehead atoms. The van der Waals surface area contributed by atoms with Gasteiger partial charge in [-0.3, -0.25) is 14.4 Å². The van der Waals surface area contributed by atoms with E-state index in [4.69, 9.17) is 5.11 Å². The standard InChI is InChI=1S/C14H16O4S/c1-9-3-5-11(6-4-9)13(16)7-12(14(17)18)8-19-10(2)15/h3-6,12H,7-8H2,1-2H3,(H,17,18)/t12-/m1/s1. The van der Waals surface area contributed by atoms with Crippen LogP contribution in [0.1, 0.15) is 29.3 Å². The molecule has 0 amide bonds. The van der Waals surface area contributed by atoms with Gasteiger partial charge in [-0.05, 0) is 6.92 Å². The van der Waals surface area contributed by atoms with Crippen molar-refractivity contribution in [3.63, 3.8) is 0 Å². The molecule has 0 fully saturated rings. The van der Waals surface area contributed by atoms with E-state index in [1.807, 2.05) is 19.1 Å². The molecule has 0 heterocycles. The number of ketones is 1. The number of carboxylic acids is 1. The van der Waals surface area contributed by atoms with Crippen molar-refractivity contribution in [2.24, 2.45) is 5.92 Å². The molecule has 0 aliphatic carbocycles. The average molecular weight is 280 g/mol. The van der Waals surface area contributed by atoms with Crippen LogP contribution >= 0.6 is 11.8 Å². The minimum absolute atomic E-state index is 0.0846. The van der Waals surface area contributed by atoms with E-state index in [9.17, 15) is 14.4 Å². The molecule has 5 heteroatoms. The van der Waals surface area contributed by atoms with Crippen molar-refractivity contribution < 1.29 is 19.5 Å². The topological polar surface area (TPSA) is 71.4 Å². The van der Waals surface area contributed by atoms with Gasteiger partial charge in [-0.1, -0.05) is 41.6 Å². The first-order valence-electron chi connectivity index (χ1n) is 5.86. The number of aliphatic carboxylic acids is 1. The van der Waals surface area contributed by atoms with E-state index in [0.717, 1.165) is 17.3 Å². The van der Waals surface area contributed by atoms with Crippen LogP contribution in [0.2, 0.25) is 0 Å². The molecule has 1 rings (SSSR count). The summed E-state index contributed by atoms with van der Waals surface area (Å²) < 4.78 is 0. The van der Waals surface area contributed by atoms with Gasteiger partial charge >= 0.3 is 5.97 Å². The van der Waals surface area contributed by atoms with Crippen LogP contribution in [0.4, 0.5) is 0 Å². The van der Waals surface area contributed by atoms with E-state index < -0.39 is 11.9 Å². The number of hydrogen-bond acceptors (Lipinski definition) is 4. The first kappa shape index (κ1) is 15.4. The van der Waals surface area contributed by atoms with Crippen LogP contribution in [0.25, 0.3) is 0 Å². The number of carbonyl (C=O) groups is 3. The predicted molar refractivity (Wildman–Crippen MR) is 74.4 cm³/mol. The van der Waals surface area contributed by atoms with Gasteiger partial charge in [0.25, 0.3) is 0 Å². The van der Waals surface area contributed by atoms with Crippen LogP contribution < -0.4 is 0 Å². The van der Waals surface area contributed by atoms with Gasteiger partial charge in [0.2, 0.25) is 0 Å². The zero-order valence-corrected chi connectivity index (χ0v) is 11.7. The molecule has 102 valence electrons. The molecule has 1 atom stereocenters. The Morgan fingerprint density at radius 3 is 2.26 bits per heavy atom. The zero-order valence-electron chi connectivity index (χ0n) is 10.9. The Morgan fingerprint density at radius 1 is 1.21 bits per heavy atom. The molecule has 19 heavy (non-hydrogen) atoms. The van der Waals surface area contributed by atoms with Crippen LogP contribution in [-0.4, -0.2) is 27.7 Å². The molecule has 0 saturated carbocycles. The maximum absolute atomic E-state index is 12.0. The number of aryl methyl sites for hydroxylation is 1. The van der Waals surface area contributed by atoms with Gasteiger partial charge in [-0.2, -0.15) is 0 Å². The van der Waals surface area contributed by atoms with Gasteiger partial charge in [-0.15, -0.1) is 0 Å². The molecule has 0 spiro atoms. The summed E-state index contributed by atoms with van der Waals surface area (Å²) in [5.41, 5.74) is 1.54. The highest BCUT2D eigenvalue weighted by molar-refractivity contribution is 8.13. The fraction of sp³-hybridized carbons (Fsp3) is 0.357. The molecule has 1 N–H and O–H groups in total. The lowest BCUT2D eigenvalue weighted by Gasteiger charge is -2.10. The third kappa shape index (κ3) is 5.26. The van der Waals surface area contributed by atoms with Crippen LogP contribution in [0.3, 0.4) is 0 Å². The maximum atomic E-state index is 12.0. The first-order chi connectivity index (χ1) is 8.90. The second kappa shape index (κ2) is 7.09. The Kier molecular flexibility index (Phi) is 5.76. The van der Waals surface area contributed by atoms with Gasteiger partial charge in [0.1, 0.15) is 0 Å². The second-order valence-corrected chi connectivity index (χ2v) is 5.53. The Bertz CT molecular complexity index is 479. The lowest BCUT2D eigenvalue weighted by Crippen LogP contribution is -2.21. The molecule has 1 aromatic carbocycles. The highest BCUT2D eigenvalue weighted by Crippen LogP contribution is 2.17. The highest BCUT2D eigenvalue weighted by atomic mass is 32.2. The van der Waals surface area contributed by atoms with Crippen molar-refractivity contribution in [3.05, 3.63) is 35.4 Å². The molecule has 0 aliphatic rings. The van der Waals surface area contributed by atoms with Crippen molar-refractivity contribution in [1.29, 1.82) is 0 Å². The van der Waals surface area contributed by atoms with Crippen molar-refractivity contribution in [2.75, 3.05) is 5.75 Å². The van der Waals surface area contributed by atoms with E-state index in [2.05, 4.69) is 0 Å². The first-order valence-corrected chi connectivity index (χ1v) is 6.84. The lowest BCUT2D eigenvalue weighted by atomic mass is 9.99. The summed E-state index contributed by atoms with van der Waals surface area (Å²) in [4.78, 5) is 33.9. The SMILES string of the molecule is CC(=O)SC[C@@H](CC(=O)c1ccc(C)cc1)C(=O)O. The van der Waals surface area contributed by atoms with E-state index in [-0.39, 0.29) is 23.1 Å². The van der Waals surface area contributed by atoms with Crippen LogP contribution in [0.5, 0.6) is 0 Å². The van der Waals surface area contributed by atoms with Crippen LogP contribution in [0.15, 0.2) is 24.3 Å². The normalized spacial score (nSPS) is 11.9. The molecule has 0 unspecified atom stereocenters. The summed E-state index contributed by atoms with van der Waals surface area (Å²) in [6.07, 6.45) is -0.0846. The van der Waals surface area contributed by atoms with Gasteiger partial charge in [0.15, 0.2) is 10.9 Å². The zero-order chi connectivity index (χ0) is 14.4. The summed E-state index contributed by atoms with van der Waals surface area (Å²) >= 11 is 0.935. The Morgan fingerprint density at radius 2 is 1.79 bits per heavy atom. The maximum Gasteiger partial charge on any atom is 0.307 e. The summed E-state index contributed by atoms with van der Waals surface area (Å²) in [6, 6.07) is 7.00. The quantitative estimate of drug-likeness (QED) is 0.811. The summed E-state index contributed by atoms with van der Waals surface area (Å²) in [7, 11) is 0. The van der Waals surface area contributed by atoms with Crippen LogP contribution in [-0.2, 0) is 9.59 Å². The van der Waals surface area contributed by atoms with Gasteiger partial charge < -0.3 is 5.11 Å². The number of rotatable bonds is 6. The molecule has 0 aliphatic heterocycles. The van der Waals surface area contributed by atoms with Gasteiger partial charge in [0.05, 0.1) is 5.92 Å². The van der Waals surface area contributed by atoms with Crippen molar-refractivity contribution in [2.45, 2.75) is 20.3 Å². The smallest absolute Gasteiger partial charge is 0.307 e. The molecular formula is C14H16O4S. The number of carboxylic acid groups (broad SMARTS) is 1. The average Bonchev–Trinajstić information content (AvgIpc) is 2.34. The van der Waals surface area contributed by atoms with E-state index in [1.165, 1.54) is 6.92 Å². The summed E-state index contributed by atoms with van der Waals surface area (Å²) in [5.74, 6) is -1.96. The molecule has 1 aromatic rings. The number of hydrogen-bond donors (Lipinski definition) is 1. The van der Waals surface area contributed by atoms with E-state index in [1.54, 1.807) is 12.1 Å². The van der Waals surface area contributed by atoms with Gasteiger partial charge in [-0.25, -0.2) is 0 Å². The van der Waals surface area contributed by atoms with Crippen LogP contribution in [0, 0.1) is 12.8 Å². The predicted octanol–water partition coefficient (Wildman–Crippen LogP) is 2.55. The van der Waals surface area contributed by atoms with Gasteiger partial charge in [0, 0.05) is 24.7 Å². The third-order valence-electron chi connectivity index (χ3n) is 2.64. The van der Waals surface area contributed by atoms with E-state index in [0.29, 0.717) is 5.56 Å². The molecular weight excluding hydrogens is 264 g/mol. The highest BCUT2D eigenvalue weighted by Gasteiger charge is 2.22. The molecule has 0 aromatic heterocycles. The van der Waals surface area contributed by atoms with E-state index >= 15 is 0 Å². The fourth-order valence-electron chi connectivity index (χ4n) is 1.52. The molecule has 0 radical (unpaired) electrons. The number of benzene rings is 1. The minimum atomic E-state index is -1.05. The number of thioether (sulfide) groups is 1. The third-order valence-corrected chi connectivity index (χ3v) is 3.62. The fourth-order valence-corrected chi connectivity index (χ4v) is 2.21. The number of Topliss-reactive ketones (excluding diaryl/α,β-unsaturated/α-hetero) is 1. The van der Waals surface area contributed by atoms with Crippen molar-refractivity contribution in [3.8, 4) is 0 Å².